The number of fused-ring (bicyclic) bond motifs is 1. The van der Waals surface area contributed by atoms with Gasteiger partial charge in [-0.25, -0.2) is 4.98 Å². The third-order valence-electron chi connectivity index (χ3n) is 5.42. The van der Waals surface area contributed by atoms with Gasteiger partial charge in [0.2, 0.25) is 0 Å². The van der Waals surface area contributed by atoms with Gasteiger partial charge in [0.25, 0.3) is 5.91 Å². The molecule has 3 heterocycles. The maximum atomic E-state index is 12.7. The van der Waals surface area contributed by atoms with Gasteiger partial charge in [-0.05, 0) is 63.7 Å². The first-order chi connectivity index (χ1) is 13.1. The minimum Gasteiger partial charge on any atom is -0.385 e. The number of nitrogen functional groups attached to an aromatic ring is 1. The van der Waals surface area contributed by atoms with Gasteiger partial charge in [0, 0.05) is 38.7 Å². The topological polar surface area (TPSA) is 84.9 Å². The molecule has 2 aromatic rings. The molecule has 1 unspecified atom stereocenters. The fraction of sp³-hybridized carbons (Fsp3) is 0.600. The number of carbonyl (C=O) groups excluding carboxylic acids is 1. The van der Waals surface area contributed by atoms with Crippen LogP contribution in [0.2, 0.25) is 0 Å². The van der Waals surface area contributed by atoms with E-state index in [4.69, 9.17) is 10.5 Å². The van der Waals surface area contributed by atoms with Crippen molar-refractivity contribution in [2.45, 2.75) is 38.6 Å². The third kappa shape index (κ3) is 4.99. The van der Waals surface area contributed by atoms with E-state index in [-0.39, 0.29) is 11.9 Å². The number of rotatable bonds is 8. The summed E-state index contributed by atoms with van der Waals surface area (Å²) in [5, 5.41) is 3.13. The monoisotopic (exact) mass is 373 g/mol. The third-order valence-corrected chi connectivity index (χ3v) is 5.42. The quantitative estimate of drug-likeness (QED) is 0.693. The van der Waals surface area contributed by atoms with Crippen molar-refractivity contribution in [3.05, 3.63) is 30.1 Å². The molecule has 1 fully saturated rings. The molecule has 7 nitrogen and oxygen atoms in total. The Morgan fingerprint density at radius 3 is 2.93 bits per heavy atom. The molecule has 3 N–H and O–H groups in total. The largest absolute Gasteiger partial charge is 0.385 e. The van der Waals surface area contributed by atoms with E-state index in [1.807, 2.05) is 0 Å². The van der Waals surface area contributed by atoms with Gasteiger partial charge in [0.1, 0.15) is 5.82 Å². The summed E-state index contributed by atoms with van der Waals surface area (Å²) in [6.45, 7) is 6.31. The fourth-order valence-corrected chi connectivity index (χ4v) is 3.95. The van der Waals surface area contributed by atoms with Crippen molar-refractivity contribution in [2.24, 2.45) is 5.92 Å². The number of ether oxygens (including phenoxy) is 1. The van der Waals surface area contributed by atoms with Gasteiger partial charge < -0.3 is 20.7 Å². The van der Waals surface area contributed by atoms with Gasteiger partial charge in [-0.3, -0.25) is 9.20 Å². The van der Waals surface area contributed by atoms with Crippen LogP contribution in [-0.2, 0) is 4.74 Å². The summed E-state index contributed by atoms with van der Waals surface area (Å²) in [5.74, 6) is 1.15. The lowest BCUT2D eigenvalue weighted by Gasteiger charge is -2.33. The molecule has 2 aromatic heterocycles. The molecular weight excluding hydrogens is 342 g/mol. The molecule has 0 spiro atoms. The van der Waals surface area contributed by atoms with Crippen molar-refractivity contribution >= 4 is 17.4 Å². The van der Waals surface area contributed by atoms with Crippen LogP contribution in [0.4, 0.5) is 5.82 Å². The highest BCUT2D eigenvalue weighted by Crippen LogP contribution is 2.22. The molecule has 1 amide bonds. The van der Waals surface area contributed by atoms with Crippen LogP contribution in [0.15, 0.2) is 24.5 Å². The summed E-state index contributed by atoms with van der Waals surface area (Å²) in [4.78, 5) is 19.5. The van der Waals surface area contributed by atoms with Crippen LogP contribution >= 0.6 is 0 Å². The highest BCUT2D eigenvalue weighted by atomic mass is 16.5. The minimum absolute atomic E-state index is 0.0873. The Hall–Kier alpha value is -2.12. The second-order valence-corrected chi connectivity index (χ2v) is 7.53. The molecule has 1 saturated heterocycles. The molecule has 1 aliphatic heterocycles. The zero-order valence-corrected chi connectivity index (χ0v) is 16.4. The number of likely N-dealkylation sites (tertiary alicyclic amines) is 1. The van der Waals surface area contributed by atoms with E-state index in [0.29, 0.717) is 22.9 Å². The summed E-state index contributed by atoms with van der Waals surface area (Å²) < 4.78 is 6.86. The highest BCUT2D eigenvalue weighted by molar-refractivity contribution is 6.00. The van der Waals surface area contributed by atoms with Crippen molar-refractivity contribution in [2.75, 3.05) is 39.1 Å². The lowest BCUT2D eigenvalue weighted by molar-refractivity contribution is 0.0928. The molecule has 0 bridgehead atoms. The first-order valence-electron chi connectivity index (χ1n) is 9.82. The van der Waals surface area contributed by atoms with E-state index in [1.54, 1.807) is 36.0 Å². The summed E-state index contributed by atoms with van der Waals surface area (Å²) in [5.41, 5.74) is 7.09. The van der Waals surface area contributed by atoms with Crippen molar-refractivity contribution < 1.29 is 9.53 Å². The highest BCUT2D eigenvalue weighted by Gasteiger charge is 2.22. The Morgan fingerprint density at radius 2 is 2.19 bits per heavy atom. The maximum absolute atomic E-state index is 12.7. The van der Waals surface area contributed by atoms with E-state index >= 15 is 0 Å². The standard InChI is InChI=1S/C20H31N5O2/c1-15(14-16-6-10-24(11-7-16)9-3-13-27-2)23-20(26)17-4-5-18(21)25-12-8-22-19(17)25/h4-5,8,12,15-16H,3,6-7,9-11,13-14,21H2,1-2H3,(H,23,26). The van der Waals surface area contributed by atoms with Gasteiger partial charge >= 0.3 is 0 Å². The van der Waals surface area contributed by atoms with Crippen LogP contribution in [0.3, 0.4) is 0 Å². The fourth-order valence-electron chi connectivity index (χ4n) is 3.95. The summed E-state index contributed by atoms with van der Waals surface area (Å²) in [7, 11) is 1.75. The summed E-state index contributed by atoms with van der Waals surface area (Å²) in [6.07, 6.45) is 7.92. The van der Waals surface area contributed by atoms with E-state index in [1.165, 1.54) is 12.8 Å². The number of amides is 1. The average Bonchev–Trinajstić information content (AvgIpc) is 3.14. The first kappa shape index (κ1) is 19.6. The Kier molecular flexibility index (Phi) is 6.68. The molecule has 3 rings (SSSR count). The number of nitrogens with zero attached hydrogens (tertiary/aromatic N) is 3. The first-order valence-corrected chi connectivity index (χ1v) is 9.82. The van der Waals surface area contributed by atoms with Crippen molar-refractivity contribution in [1.29, 1.82) is 0 Å². The Labute approximate surface area is 160 Å². The predicted molar refractivity (Wildman–Crippen MR) is 107 cm³/mol. The zero-order valence-electron chi connectivity index (χ0n) is 16.4. The lowest BCUT2D eigenvalue weighted by Crippen LogP contribution is -2.39. The minimum atomic E-state index is -0.0873. The van der Waals surface area contributed by atoms with E-state index in [0.717, 1.165) is 39.1 Å². The molecule has 1 aliphatic rings. The van der Waals surface area contributed by atoms with Crippen LogP contribution < -0.4 is 11.1 Å². The van der Waals surface area contributed by atoms with E-state index < -0.39 is 0 Å². The van der Waals surface area contributed by atoms with Crippen LogP contribution in [0.5, 0.6) is 0 Å². The Bertz CT molecular complexity index is 752. The SMILES string of the molecule is COCCCN1CCC(CC(C)NC(=O)c2ccc(N)n3ccnc23)CC1. The normalized spacial score (nSPS) is 17.3. The van der Waals surface area contributed by atoms with Crippen molar-refractivity contribution in [3.63, 3.8) is 0 Å². The zero-order chi connectivity index (χ0) is 19.2. The number of carbonyl (C=O) groups is 1. The van der Waals surface area contributed by atoms with Crippen LogP contribution in [0, 0.1) is 5.92 Å². The molecule has 148 valence electrons. The van der Waals surface area contributed by atoms with Gasteiger partial charge in [-0.15, -0.1) is 0 Å². The Balaban J connectivity index is 1.48. The maximum Gasteiger partial charge on any atom is 0.255 e. The van der Waals surface area contributed by atoms with E-state index in [9.17, 15) is 4.79 Å². The van der Waals surface area contributed by atoms with E-state index in [2.05, 4.69) is 22.1 Å². The number of piperidine rings is 1. The van der Waals surface area contributed by atoms with Crippen LogP contribution in [0.25, 0.3) is 5.65 Å². The molecule has 1 atom stereocenters. The molecule has 0 aliphatic carbocycles. The molecule has 0 aromatic carbocycles. The number of imidazole rings is 1. The number of nitrogens with one attached hydrogen (secondary N) is 1. The van der Waals surface area contributed by atoms with Crippen molar-refractivity contribution in [3.8, 4) is 0 Å². The number of hydrogen-bond acceptors (Lipinski definition) is 5. The number of hydrogen-bond donors (Lipinski definition) is 2. The molecular formula is C20H31N5O2. The van der Waals surface area contributed by atoms with Gasteiger partial charge in [0.15, 0.2) is 5.65 Å². The number of nitrogens with two attached hydrogens (primary N) is 1. The number of methoxy groups -OCH3 is 1. The second-order valence-electron chi connectivity index (χ2n) is 7.53. The smallest absolute Gasteiger partial charge is 0.255 e. The molecule has 7 heteroatoms. The Morgan fingerprint density at radius 1 is 1.41 bits per heavy atom. The lowest BCUT2D eigenvalue weighted by atomic mass is 9.90. The van der Waals surface area contributed by atoms with Crippen molar-refractivity contribution in [1.82, 2.24) is 19.6 Å². The summed E-state index contributed by atoms with van der Waals surface area (Å²) in [6, 6.07) is 3.63. The average molecular weight is 374 g/mol. The van der Waals surface area contributed by atoms with Crippen LogP contribution in [-0.4, -0.2) is 59.6 Å². The summed E-state index contributed by atoms with van der Waals surface area (Å²) >= 11 is 0. The van der Waals surface area contributed by atoms with Crippen LogP contribution in [0.1, 0.15) is 43.0 Å². The molecule has 0 saturated carbocycles. The molecule has 0 radical (unpaired) electrons. The van der Waals surface area contributed by atoms with Gasteiger partial charge in [0.05, 0.1) is 5.56 Å². The van der Waals surface area contributed by atoms with Gasteiger partial charge in [-0.1, -0.05) is 0 Å². The molecule has 27 heavy (non-hydrogen) atoms. The second kappa shape index (κ2) is 9.19. The number of aromatic nitrogens is 2. The predicted octanol–water partition coefficient (Wildman–Crippen LogP) is 2.17. The number of anilines is 1. The van der Waals surface area contributed by atoms with Gasteiger partial charge in [-0.2, -0.15) is 0 Å². The number of pyridine rings is 1.